The van der Waals surface area contributed by atoms with Gasteiger partial charge in [-0.3, -0.25) is 9.69 Å². The van der Waals surface area contributed by atoms with Gasteiger partial charge in [0.15, 0.2) is 0 Å². The van der Waals surface area contributed by atoms with Crippen LogP contribution >= 0.6 is 11.3 Å². The molecule has 29 heavy (non-hydrogen) atoms. The van der Waals surface area contributed by atoms with Gasteiger partial charge < -0.3 is 9.64 Å². The van der Waals surface area contributed by atoms with Crippen LogP contribution < -0.4 is 0 Å². The van der Waals surface area contributed by atoms with E-state index in [0.29, 0.717) is 19.7 Å². The molecule has 6 heteroatoms. The van der Waals surface area contributed by atoms with Crippen molar-refractivity contribution in [3.05, 3.63) is 58.0 Å². The Morgan fingerprint density at radius 3 is 2.79 bits per heavy atom. The lowest BCUT2D eigenvalue weighted by atomic mass is 9.88. The highest BCUT2D eigenvalue weighted by Gasteiger charge is 2.36. The molecular formula is C23H31FN2O2S. The first-order valence-electron chi connectivity index (χ1n) is 10.3. The van der Waals surface area contributed by atoms with Gasteiger partial charge in [-0.15, -0.1) is 11.3 Å². The molecule has 2 heterocycles. The summed E-state index contributed by atoms with van der Waals surface area (Å²) in [7, 11) is 1.66. The lowest BCUT2D eigenvalue weighted by molar-refractivity contribution is -0.135. The number of hydrogen-bond donors (Lipinski definition) is 0. The van der Waals surface area contributed by atoms with Crippen molar-refractivity contribution in [2.24, 2.45) is 11.8 Å². The summed E-state index contributed by atoms with van der Waals surface area (Å²) in [5.41, 5.74) is 1.02. The summed E-state index contributed by atoms with van der Waals surface area (Å²) in [6, 6.07) is 11.2. The van der Waals surface area contributed by atoms with Crippen molar-refractivity contribution in [1.82, 2.24) is 9.80 Å². The molecule has 1 fully saturated rings. The molecule has 1 amide bonds. The standard InChI is InChI=1S/C23H31FN2O2S/c1-17(2)23(27)26(9-10-28-3)14-19-13-25(15-21-8-5-11-29-21)16-22(19)18-6-4-7-20(24)12-18/h4-8,11-12,17,19,22H,9-10,13-16H2,1-3H3/t19-,22+/m0/s1. The zero-order valence-corrected chi connectivity index (χ0v) is 18.3. The topological polar surface area (TPSA) is 32.8 Å². The molecule has 1 aromatic carbocycles. The number of carbonyl (C=O) groups excluding carboxylic acids is 1. The predicted octanol–water partition coefficient (Wildman–Crippen LogP) is 4.23. The van der Waals surface area contributed by atoms with Crippen molar-refractivity contribution in [3.63, 3.8) is 0 Å². The zero-order chi connectivity index (χ0) is 20.8. The van der Waals surface area contributed by atoms with Crippen LogP contribution in [0.2, 0.25) is 0 Å². The third-order valence-corrected chi connectivity index (χ3v) is 6.44. The number of amides is 1. The van der Waals surface area contributed by atoms with Crippen molar-refractivity contribution in [3.8, 4) is 0 Å². The van der Waals surface area contributed by atoms with Gasteiger partial charge in [-0.25, -0.2) is 4.39 Å². The van der Waals surface area contributed by atoms with Gasteiger partial charge in [0.1, 0.15) is 5.82 Å². The smallest absolute Gasteiger partial charge is 0.225 e. The predicted molar refractivity (Wildman–Crippen MR) is 116 cm³/mol. The normalized spacial score (nSPS) is 19.8. The SMILES string of the molecule is COCCN(C[C@@H]1CN(Cc2cccs2)C[C@@H]1c1cccc(F)c1)C(=O)C(C)C. The lowest BCUT2D eigenvalue weighted by Crippen LogP contribution is -2.41. The third kappa shape index (κ3) is 5.87. The summed E-state index contributed by atoms with van der Waals surface area (Å²) < 4.78 is 19.2. The van der Waals surface area contributed by atoms with Gasteiger partial charge >= 0.3 is 0 Å². The zero-order valence-electron chi connectivity index (χ0n) is 17.5. The number of rotatable bonds is 9. The van der Waals surface area contributed by atoms with E-state index in [1.807, 2.05) is 24.8 Å². The minimum Gasteiger partial charge on any atom is -0.383 e. The molecular weight excluding hydrogens is 387 g/mol. The second kappa shape index (κ2) is 10.3. The Bertz CT molecular complexity index is 781. The maximum absolute atomic E-state index is 13.9. The van der Waals surface area contributed by atoms with E-state index in [1.54, 1.807) is 30.6 Å². The van der Waals surface area contributed by atoms with Crippen LogP contribution in [0, 0.1) is 17.7 Å². The number of benzene rings is 1. The molecule has 2 atom stereocenters. The molecule has 1 aliphatic rings. The minimum atomic E-state index is -0.201. The first-order chi connectivity index (χ1) is 14.0. The van der Waals surface area contributed by atoms with Gasteiger partial charge in [0.25, 0.3) is 0 Å². The summed E-state index contributed by atoms with van der Waals surface area (Å²) in [4.78, 5) is 18.5. The van der Waals surface area contributed by atoms with Gasteiger partial charge in [-0.05, 0) is 35.1 Å². The van der Waals surface area contributed by atoms with Gasteiger partial charge in [-0.1, -0.05) is 32.0 Å². The fraction of sp³-hybridized carbons (Fsp3) is 0.522. The van der Waals surface area contributed by atoms with E-state index in [9.17, 15) is 9.18 Å². The van der Waals surface area contributed by atoms with Crippen LogP contribution in [0.3, 0.4) is 0 Å². The quantitative estimate of drug-likeness (QED) is 0.611. The number of halogens is 1. The van der Waals surface area contributed by atoms with Crippen molar-refractivity contribution in [2.45, 2.75) is 26.3 Å². The summed E-state index contributed by atoms with van der Waals surface area (Å²) in [5.74, 6) is 0.360. The molecule has 0 spiro atoms. The molecule has 0 bridgehead atoms. The van der Waals surface area contributed by atoms with E-state index in [2.05, 4.69) is 22.4 Å². The van der Waals surface area contributed by atoms with Gasteiger partial charge in [-0.2, -0.15) is 0 Å². The molecule has 1 saturated heterocycles. The number of likely N-dealkylation sites (tertiary alicyclic amines) is 1. The van der Waals surface area contributed by atoms with E-state index in [0.717, 1.165) is 25.2 Å². The van der Waals surface area contributed by atoms with Gasteiger partial charge in [0.05, 0.1) is 6.61 Å². The fourth-order valence-electron chi connectivity index (χ4n) is 4.15. The Morgan fingerprint density at radius 1 is 1.31 bits per heavy atom. The number of thiophene rings is 1. The monoisotopic (exact) mass is 418 g/mol. The maximum atomic E-state index is 13.9. The number of nitrogens with zero attached hydrogens (tertiary/aromatic N) is 2. The minimum absolute atomic E-state index is 0.0527. The maximum Gasteiger partial charge on any atom is 0.225 e. The van der Waals surface area contributed by atoms with Gasteiger partial charge in [0, 0.05) is 56.5 Å². The van der Waals surface area contributed by atoms with Crippen LogP contribution in [0.1, 0.15) is 30.2 Å². The molecule has 0 N–H and O–H groups in total. The average Bonchev–Trinajstić information content (AvgIpc) is 3.34. The molecule has 2 aromatic rings. The summed E-state index contributed by atoms with van der Waals surface area (Å²) in [6.45, 7) is 8.32. The number of ether oxygens (including phenoxy) is 1. The molecule has 158 valence electrons. The Kier molecular flexibility index (Phi) is 7.81. The van der Waals surface area contributed by atoms with E-state index < -0.39 is 0 Å². The van der Waals surface area contributed by atoms with Crippen molar-refractivity contribution in [2.75, 3.05) is 39.9 Å². The van der Waals surface area contributed by atoms with E-state index in [4.69, 9.17) is 4.74 Å². The van der Waals surface area contributed by atoms with Crippen molar-refractivity contribution >= 4 is 17.2 Å². The first-order valence-corrected chi connectivity index (χ1v) is 11.1. The van der Waals surface area contributed by atoms with Crippen LogP contribution in [0.25, 0.3) is 0 Å². The Morgan fingerprint density at radius 2 is 2.14 bits per heavy atom. The van der Waals surface area contributed by atoms with Crippen LogP contribution in [0.4, 0.5) is 4.39 Å². The van der Waals surface area contributed by atoms with Crippen molar-refractivity contribution in [1.29, 1.82) is 0 Å². The average molecular weight is 419 g/mol. The number of carbonyl (C=O) groups is 1. The largest absolute Gasteiger partial charge is 0.383 e. The van der Waals surface area contributed by atoms with Crippen LogP contribution in [-0.2, 0) is 16.1 Å². The van der Waals surface area contributed by atoms with E-state index >= 15 is 0 Å². The Balaban J connectivity index is 1.79. The molecule has 0 radical (unpaired) electrons. The van der Waals surface area contributed by atoms with Crippen molar-refractivity contribution < 1.29 is 13.9 Å². The number of hydrogen-bond acceptors (Lipinski definition) is 4. The highest BCUT2D eigenvalue weighted by atomic mass is 32.1. The van der Waals surface area contributed by atoms with E-state index in [1.165, 1.54) is 10.9 Å². The summed E-state index contributed by atoms with van der Waals surface area (Å²) in [5, 5.41) is 2.10. The molecule has 0 saturated carbocycles. The fourth-order valence-corrected chi connectivity index (χ4v) is 4.90. The summed E-state index contributed by atoms with van der Waals surface area (Å²) >= 11 is 1.76. The van der Waals surface area contributed by atoms with Crippen LogP contribution in [-0.4, -0.2) is 55.6 Å². The molecule has 1 aliphatic heterocycles. The second-order valence-electron chi connectivity index (χ2n) is 8.13. The van der Waals surface area contributed by atoms with Gasteiger partial charge in [0.2, 0.25) is 5.91 Å². The lowest BCUT2D eigenvalue weighted by Gasteiger charge is -2.29. The van der Waals surface area contributed by atoms with E-state index in [-0.39, 0.29) is 29.5 Å². The van der Waals surface area contributed by atoms with Crippen LogP contribution in [0.5, 0.6) is 0 Å². The highest BCUT2D eigenvalue weighted by Crippen LogP contribution is 2.35. The molecule has 4 nitrogen and oxygen atoms in total. The molecule has 1 aromatic heterocycles. The molecule has 3 rings (SSSR count). The highest BCUT2D eigenvalue weighted by molar-refractivity contribution is 7.09. The first kappa shape index (κ1) is 21.9. The third-order valence-electron chi connectivity index (χ3n) is 5.58. The van der Waals surface area contributed by atoms with Crippen LogP contribution in [0.15, 0.2) is 41.8 Å². The Labute approximate surface area is 177 Å². The molecule has 0 unspecified atom stereocenters. The second-order valence-corrected chi connectivity index (χ2v) is 9.16. The summed E-state index contributed by atoms with van der Waals surface area (Å²) in [6.07, 6.45) is 0. The Hall–Kier alpha value is -1.76. The number of methoxy groups -OCH3 is 1. The molecule has 0 aliphatic carbocycles.